The molecule has 12 heavy (non-hydrogen) atoms. The van der Waals surface area contributed by atoms with E-state index in [9.17, 15) is 0 Å². The van der Waals surface area contributed by atoms with E-state index in [4.69, 9.17) is 17.2 Å². The normalized spacial score (nSPS) is 33.6. The fraction of sp³-hybridized carbons (Fsp3) is 0.857. The van der Waals surface area contributed by atoms with Gasteiger partial charge in [-0.2, -0.15) is 4.59 Å². The monoisotopic (exact) mass is 172 g/mol. The molecule has 0 saturated carbocycles. The minimum Gasteiger partial charge on any atom is -0.325 e. The second-order valence-corrected chi connectivity index (χ2v) is 3.74. The van der Waals surface area contributed by atoms with Gasteiger partial charge in [0.25, 0.3) is 0 Å². The fourth-order valence-electron chi connectivity index (χ4n) is 1.58. The second-order valence-electron chi connectivity index (χ2n) is 3.74. The van der Waals surface area contributed by atoms with Crippen LogP contribution in [0.2, 0.25) is 0 Å². The van der Waals surface area contributed by atoms with Gasteiger partial charge in [-0.25, -0.2) is 0 Å². The molecule has 0 aromatic carbocycles. The van der Waals surface area contributed by atoms with Crippen molar-refractivity contribution in [1.82, 2.24) is 0 Å². The summed E-state index contributed by atoms with van der Waals surface area (Å²) in [7, 11) is 1.98. The summed E-state index contributed by atoms with van der Waals surface area (Å²) in [4.78, 5) is 0. The summed E-state index contributed by atoms with van der Waals surface area (Å²) in [6.07, 6.45) is 0. The SMILES string of the molecule is CC1=N[N+](C)(CCN)CC1(N)N. The summed E-state index contributed by atoms with van der Waals surface area (Å²) >= 11 is 0. The van der Waals surface area contributed by atoms with Crippen LogP contribution in [0.1, 0.15) is 6.92 Å². The minimum absolute atomic E-state index is 0.509. The first-order valence-corrected chi connectivity index (χ1v) is 4.09. The van der Waals surface area contributed by atoms with E-state index in [1.807, 2.05) is 14.0 Å². The van der Waals surface area contributed by atoms with Gasteiger partial charge in [-0.1, -0.05) is 5.10 Å². The van der Waals surface area contributed by atoms with Gasteiger partial charge in [-0.15, -0.1) is 0 Å². The zero-order valence-corrected chi connectivity index (χ0v) is 7.75. The van der Waals surface area contributed by atoms with Crippen LogP contribution in [0, 0.1) is 0 Å². The van der Waals surface area contributed by atoms with E-state index in [-0.39, 0.29) is 0 Å². The van der Waals surface area contributed by atoms with Gasteiger partial charge in [-0.05, 0) is 6.92 Å². The van der Waals surface area contributed by atoms with Crippen molar-refractivity contribution in [2.45, 2.75) is 12.6 Å². The van der Waals surface area contributed by atoms with Crippen molar-refractivity contribution in [3.8, 4) is 0 Å². The molecule has 0 bridgehead atoms. The molecule has 0 aliphatic carbocycles. The van der Waals surface area contributed by atoms with Crippen LogP contribution in [0.4, 0.5) is 0 Å². The van der Waals surface area contributed by atoms with Gasteiger partial charge in [0.15, 0.2) is 5.66 Å². The first kappa shape index (κ1) is 9.60. The number of hydrogen-bond acceptors (Lipinski definition) is 4. The predicted molar refractivity (Wildman–Crippen MR) is 49.2 cm³/mol. The van der Waals surface area contributed by atoms with Crippen LogP contribution in [0.5, 0.6) is 0 Å². The molecule has 1 unspecified atom stereocenters. The molecule has 0 saturated heterocycles. The summed E-state index contributed by atoms with van der Waals surface area (Å²) < 4.78 is 0.509. The molecule has 0 aromatic heterocycles. The molecular weight excluding hydrogens is 154 g/mol. The Morgan fingerprint density at radius 3 is 2.50 bits per heavy atom. The quantitative estimate of drug-likeness (QED) is 0.346. The Balaban J connectivity index is 2.77. The number of nitrogens with two attached hydrogens (primary N) is 3. The molecule has 1 aliphatic heterocycles. The van der Waals surface area contributed by atoms with E-state index in [1.54, 1.807) is 0 Å². The Bertz CT molecular complexity index is 210. The molecule has 0 fully saturated rings. The van der Waals surface area contributed by atoms with Crippen molar-refractivity contribution in [2.75, 3.05) is 26.7 Å². The van der Waals surface area contributed by atoms with Gasteiger partial charge < -0.3 is 17.2 Å². The first-order chi connectivity index (χ1) is 5.40. The summed E-state index contributed by atoms with van der Waals surface area (Å²) in [5, 5.41) is 4.39. The number of rotatable bonds is 2. The van der Waals surface area contributed by atoms with Crippen molar-refractivity contribution in [3.05, 3.63) is 0 Å². The summed E-state index contributed by atoms with van der Waals surface area (Å²) in [5.41, 5.74) is 17.2. The van der Waals surface area contributed by atoms with Crippen LogP contribution in [-0.4, -0.2) is 42.6 Å². The topological polar surface area (TPSA) is 90.4 Å². The van der Waals surface area contributed by atoms with E-state index in [0.717, 1.165) is 12.3 Å². The van der Waals surface area contributed by atoms with Crippen LogP contribution in [-0.2, 0) is 0 Å². The third-order valence-corrected chi connectivity index (χ3v) is 2.28. The summed E-state index contributed by atoms with van der Waals surface area (Å²) in [5.74, 6) is 0. The van der Waals surface area contributed by atoms with Gasteiger partial charge in [-0.3, -0.25) is 0 Å². The Morgan fingerprint density at radius 1 is 1.58 bits per heavy atom. The highest BCUT2D eigenvalue weighted by Crippen LogP contribution is 2.17. The van der Waals surface area contributed by atoms with Gasteiger partial charge in [0.1, 0.15) is 18.8 Å². The largest absolute Gasteiger partial charge is 0.325 e. The predicted octanol–water partition coefficient (Wildman–Crippen LogP) is -1.61. The number of hydrogen-bond donors (Lipinski definition) is 3. The Hall–Kier alpha value is -0.490. The molecule has 1 aliphatic rings. The van der Waals surface area contributed by atoms with E-state index >= 15 is 0 Å². The highest BCUT2D eigenvalue weighted by atomic mass is 15.6. The maximum atomic E-state index is 5.82. The Morgan fingerprint density at radius 2 is 2.17 bits per heavy atom. The lowest BCUT2D eigenvalue weighted by Crippen LogP contribution is -2.60. The molecule has 0 spiro atoms. The lowest BCUT2D eigenvalue weighted by Gasteiger charge is -2.25. The van der Waals surface area contributed by atoms with Gasteiger partial charge in [0.05, 0.1) is 7.05 Å². The maximum Gasteiger partial charge on any atom is 0.161 e. The highest BCUT2D eigenvalue weighted by Gasteiger charge is 2.42. The van der Waals surface area contributed by atoms with Crippen LogP contribution >= 0.6 is 0 Å². The Kier molecular flexibility index (Phi) is 2.22. The van der Waals surface area contributed by atoms with Crippen LogP contribution in [0.3, 0.4) is 0 Å². The van der Waals surface area contributed by atoms with E-state index in [1.165, 1.54) is 0 Å². The second kappa shape index (κ2) is 2.77. The molecule has 1 atom stereocenters. The lowest BCUT2D eigenvalue weighted by atomic mass is 10.1. The van der Waals surface area contributed by atoms with Crippen LogP contribution in [0.15, 0.2) is 5.10 Å². The highest BCUT2D eigenvalue weighted by molar-refractivity contribution is 5.91. The van der Waals surface area contributed by atoms with Gasteiger partial charge in [0.2, 0.25) is 0 Å². The maximum absolute atomic E-state index is 5.82. The van der Waals surface area contributed by atoms with Crippen molar-refractivity contribution < 1.29 is 4.59 Å². The zero-order valence-electron chi connectivity index (χ0n) is 7.75. The van der Waals surface area contributed by atoms with Crippen LogP contribution < -0.4 is 17.2 Å². The van der Waals surface area contributed by atoms with E-state index < -0.39 is 5.66 Å². The van der Waals surface area contributed by atoms with Crippen molar-refractivity contribution in [2.24, 2.45) is 22.3 Å². The van der Waals surface area contributed by atoms with Gasteiger partial charge in [0, 0.05) is 6.54 Å². The third kappa shape index (κ3) is 1.64. The standard InChI is InChI=1S/C7H18N5/c1-6-7(9,10)5-12(2,11-6)4-3-8/h3-5,8-10H2,1-2H3/q+1. The summed E-state index contributed by atoms with van der Waals surface area (Å²) in [6.45, 7) is 3.88. The lowest BCUT2D eigenvalue weighted by molar-refractivity contribution is -0.911. The average molecular weight is 172 g/mol. The third-order valence-electron chi connectivity index (χ3n) is 2.28. The zero-order chi connectivity index (χ0) is 9.41. The molecule has 0 aromatic rings. The molecule has 1 heterocycles. The Labute approximate surface area is 72.8 Å². The molecular formula is C7H18N5+. The van der Waals surface area contributed by atoms with E-state index in [0.29, 0.717) is 17.7 Å². The van der Waals surface area contributed by atoms with E-state index in [2.05, 4.69) is 5.10 Å². The molecule has 5 nitrogen and oxygen atoms in total. The molecule has 0 amide bonds. The number of quaternary nitrogens is 1. The minimum atomic E-state index is -0.746. The van der Waals surface area contributed by atoms with Crippen LogP contribution in [0.25, 0.3) is 0 Å². The van der Waals surface area contributed by atoms with Crippen molar-refractivity contribution in [3.63, 3.8) is 0 Å². The molecule has 1 rings (SSSR count). The summed E-state index contributed by atoms with van der Waals surface area (Å²) in [6, 6.07) is 0. The van der Waals surface area contributed by atoms with Gasteiger partial charge >= 0.3 is 0 Å². The molecule has 70 valence electrons. The molecule has 5 heteroatoms. The molecule has 6 N–H and O–H groups in total. The first-order valence-electron chi connectivity index (χ1n) is 4.09. The van der Waals surface area contributed by atoms with Crippen molar-refractivity contribution >= 4 is 5.71 Å². The number of nitrogens with zero attached hydrogens (tertiary/aromatic N) is 2. The van der Waals surface area contributed by atoms with Crippen molar-refractivity contribution in [1.29, 1.82) is 0 Å². The molecule has 0 radical (unpaired) electrons. The average Bonchev–Trinajstić information content (AvgIpc) is 2.02. The fourth-order valence-corrected chi connectivity index (χ4v) is 1.58. The number of likely N-dealkylation sites (N-methyl/N-ethyl adjacent to an activating group) is 1. The smallest absolute Gasteiger partial charge is 0.161 e.